The van der Waals surface area contributed by atoms with Crippen molar-refractivity contribution in [3.05, 3.63) is 77.9 Å². The van der Waals surface area contributed by atoms with Gasteiger partial charge in [0, 0.05) is 30.3 Å². The first kappa shape index (κ1) is 22.5. The van der Waals surface area contributed by atoms with Gasteiger partial charge in [-0.2, -0.15) is 0 Å². The molecule has 0 bridgehead atoms. The maximum atomic E-state index is 13.1. The number of benzene rings is 3. The van der Waals surface area contributed by atoms with Gasteiger partial charge in [0.25, 0.3) is 21.8 Å². The minimum Gasteiger partial charge on any atom is -0.352 e. The molecular weight excluding hydrogens is 438 g/mol. The highest BCUT2D eigenvalue weighted by Gasteiger charge is 2.32. The third-order valence-corrected chi connectivity index (χ3v) is 7.48. The van der Waals surface area contributed by atoms with E-state index in [9.17, 15) is 18.0 Å². The van der Waals surface area contributed by atoms with Crippen molar-refractivity contribution in [1.82, 2.24) is 5.32 Å². The summed E-state index contributed by atoms with van der Waals surface area (Å²) in [5.41, 5.74) is 2.86. The summed E-state index contributed by atoms with van der Waals surface area (Å²) in [6, 6.07) is 18.5. The van der Waals surface area contributed by atoms with Crippen molar-refractivity contribution >= 4 is 33.2 Å². The Morgan fingerprint density at radius 1 is 0.909 bits per heavy atom. The third kappa shape index (κ3) is 4.21. The fraction of sp³-hybridized carbons (Fsp3) is 0.200. The number of sulfonamides is 1. The highest BCUT2D eigenvalue weighted by Crippen LogP contribution is 2.42. The summed E-state index contributed by atoms with van der Waals surface area (Å²) in [6.07, 6.45) is 1.84. The lowest BCUT2D eigenvalue weighted by Crippen LogP contribution is -2.30. The van der Waals surface area contributed by atoms with E-state index in [1.165, 1.54) is 11.4 Å². The standard InChI is InChI=1S/C25H25N3O4S/c1-3-4-15-26-25(30)19-10-5-7-11-21(19)27-24(29)17-13-14-22-20(16-17)18-9-6-8-12-23(18)33(31,32)28(22)2/h5-14,16H,3-4,15H2,1-2H3,(H,26,30)(H,27,29). The van der Waals surface area contributed by atoms with E-state index in [1.807, 2.05) is 6.92 Å². The predicted molar refractivity (Wildman–Crippen MR) is 129 cm³/mol. The number of para-hydroxylation sites is 1. The Hall–Kier alpha value is -3.65. The van der Waals surface area contributed by atoms with E-state index in [1.54, 1.807) is 66.7 Å². The Morgan fingerprint density at radius 3 is 2.42 bits per heavy atom. The molecule has 0 saturated heterocycles. The zero-order valence-electron chi connectivity index (χ0n) is 18.5. The van der Waals surface area contributed by atoms with Crippen molar-refractivity contribution in [2.45, 2.75) is 24.7 Å². The van der Waals surface area contributed by atoms with E-state index in [0.717, 1.165) is 12.8 Å². The van der Waals surface area contributed by atoms with Crippen LogP contribution in [0.4, 0.5) is 11.4 Å². The van der Waals surface area contributed by atoms with Crippen molar-refractivity contribution in [3.63, 3.8) is 0 Å². The largest absolute Gasteiger partial charge is 0.352 e. The molecule has 1 aliphatic heterocycles. The van der Waals surface area contributed by atoms with Gasteiger partial charge in [-0.15, -0.1) is 0 Å². The number of nitrogens with one attached hydrogen (secondary N) is 2. The molecule has 3 aromatic rings. The Balaban J connectivity index is 1.65. The van der Waals surface area contributed by atoms with E-state index < -0.39 is 10.0 Å². The van der Waals surface area contributed by atoms with Crippen LogP contribution in [-0.2, 0) is 10.0 Å². The highest BCUT2D eigenvalue weighted by atomic mass is 32.2. The molecule has 4 rings (SSSR count). The molecule has 8 heteroatoms. The number of anilines is 2. The average molecular weight is 464 g/mol. The molecule has 7 nitrogen and oxygen atoms in total. The number of nitrogens with zero attached hydrogens (tertiary/aromatic N) is 1. The van der Waals surface area contributed by atoms with Gasteiger partial charge in [-0.1, -0.05) is 43.7 Å². The molecule has 3 aromatic carbocycles. The minimum atomic E-state index is -3.65. The first-order valence-electron chi connectivity index (χ1n) is 10.8. The number of hydrogen-bond acceptors (Lipinski definition) is 4. The summed E-state index contributed by atoms with van der Waals surface area (Å²) in [5, 5.41) is 5.69. The van der Waals surface area contributed by atoms with Gasteiger partial charge in [0.15, 0.2) is 0 Å². The number of hydrogen-bond donors (Lipinski definition) is 2. The van der Waals surface area contributed by atoms with Crippen LogP contribution in [0.3, 0.4) is 0 Å². The van der Waals surface area contributed by atoms with Gasteiger partial charge in [-0.25, -0.2) is 8.42 Å². The number of amides is 2. The second-order valence-corrected chi connectivity index (χ2v) is 9.75. The molecule has 0 unspecified atom stereocenters. The quantitative estimate of drug-likeness (QED) is 0.534. The van der Waals surface area contributed by atoms with E-state index >= 15 is 0 Å². The Labute approximate surface area is 193 Å². The third-order valence-electron chi connectivity index (χ3n) is 5.65. The SMILES string of the molecule is CCCCNC(=O)c1ccccc1NC(=O)c1ccc2c(c1)-c1ccccc1S(=O)(=O)N2C. The van der Waals surface area contributed by atoms with Crippen LogP contribution in [0, 0.1) is 0 Å². The summed E-state index contributed by atoms with van der Waals surface area (Å²) >= 11 is 0. The van der Waals surface area contributed by atoms with Crippen LogP contribution in [0.1, 0.15) is 40.5 Å². The van der Waals surface area contributed by atoms with Crippen LogP contribution in [-0.4, -0.2) is 33.8 Å². The number of rotatable bonds is 6. The molecule has 2 N–H and O–H groups in total. The van der Waals surface area contributed by atoms with Crippen LogP contribution in [0.2, 0.25) is 0 Å². The van der Waals surface area contributed by atoms with Crippen LogP contribution in [0.15, 0.2) is 71.6 Å². The molecule has 0 atom stereocenters. The maximum absolute atomic E-state index is 13.1. The number of unbranched alkanes of at least 4 members (excludes halogenated alkanes) is 1. The fourth-order valence-electron chi connectivity index (χ4n) is 3.82. The van der Waals surface area contributed by atoms with Crippen LogP contribution < -0.4 is 14.9 Å². The normalized spacial score (nSPS) is 13.6. The monoisotopic (exact) mass is 463 g/mol. The molecule has 2 amide bonds. The van der Waals surface area contributed by atoms with Crippen LogP contribution in [0.5, 0.6) is 0 Å². The lowest BCUT2D eigenvalue weighted by Gasteiger charge is -2.29. The second-order valence-electron chi connectivity index (χ2n) is 7.81. The van der Waals surface area contributed by atoms with Gasteiger partial charge in [0.2, 0.25) is 0 Å². The summed E-state index contributed by atoms with van der Waals surface area (Å²) in [7, 11) is -2.16. The molecule has 1 aliphatic rings. The zero-order valence-corrected chi connectivity index (χ0v) is 19.3. The van der Waals surface area contributed by atoms with Gasteiger partial charge >= 0.3 is 0 Å². The Kier molecular flexibility index (Phi) is 6.20. The molecule has 0 aromatic heterocycles. The molecule has 170 valence electrons. The van der Waals surface area contributed by atoms with Gasteiger partial charge < -0.3 is 10.6 Å². The molecule has 33 heavy (non-hydrogen) atoms. The Bertz CT molecular complexity index is 1330. The van der Waals surface area contributed by atoms with Crippen molar-refractivity contribution in [3.8, 4) is 11.1 Å². The minimum absolute atomic E-state index is 0.201. The average Bonchev–Trinajstić information content (AvgIpc) is 2.83. The maximum Gasteiger partial charge on any atom is 0.264 e. The van der Waals surface area contributed by atoms with E-state index in [2.05, 4.69) is 10.6 Å². The summed E-state index contributed by atoms with van der Waals surface area (Å²) in [6.45, 7) is 2.61. The molecule has 0 radical (unpaired) electrons. The predicted octanol–water partition coefficient (Wildman–Crippen LogP) is 4.27. The van der Waals surface area contributed by atoms with Gasteiger partial charge in [0.05, 0.1) is 21.8 Å². The highest BCUT2D eigenvalue weighted by molar-refractivity contribution is 7.93. The number of carbonyl (C=O) groups is 2. The topological polar surface area (TPSA) is 95.6 Å². The van der Waals surface area contributed by atoms with E-state index in [0.29, 0.717) is 40.2 Å². The lowest BCUT2D eigenvalue weighted by atomic mass is 10.00. The first-order valence-corrected chi connectivity index (χ1v) is 12.2. The van der Waals surface area contributed by atoms with Crippen molar-refractivity contribution in [1.29, 1.82) is 0 Å². The molecular formula is C25H25N3O4S. The smallest absolute Gasteiger partial charge is 0.264 e. The van der Waals surface area contributed by atoms with Gasteiger partial charge in [-0.3, -0.25) is 13.9 Å². The molecule has 0 aliphatic carbocycles. The fourth-order valence-corrected chi connectivity index (χ4v) is 5.24. The zero-order chi connectivity index (χ0) is 23.6. The number of carbonyl (C=O) groups excluding carboxylic acids is 2. The molecule has 0 spiro atoms. The summed E-state index contributed by atoms with van der Waals surface area (Å²) < 4.78 is 26.9. The lowest BCUT2D eigenvalue weighted by molar-refractivity contribution is 0.0954. The first-order chi connectivity index (χ1) is 15.8. The number of fused-ring (bicyclic) bond motifs is 3. The molecule has 0 fully saturated rings. The van der Waals surface area contributed by atoms with Crippen LogP contribution in [0.25, 0.3) is 11.1 Å². The van der Waals surface area contributed by atoms with Crippen LogP contribution >= 0.6 is 0 Å². The van der Waals surface area contributed by atoms with Crippen molar-refractivity contribution < 1.29 is 18.0 Å². The van der Waals surface area contributed by atoms with Gasteiger partial charge in [0.1, 0.15) is 0 Å². The molecule has 0 saturated carbocycles. The molecule has 1 heterocycles. The van der Waals surface area contributed by atoms with Crippen molar-refractivity contribution in [2.24, 2.45) is 0 Å². The van der Waals surface area contributed by atoms with E-state index in [4.69, 9.17) is 0 Å². The van der Waals surface area contributed by atoms with Gasteiger partial charge in [-0.05, 0) is 42.8 Å². The summed E-state index contributed by atoms with van der Waals surface area (Å²) in [5.74, 6) is -0.634. The Morgan fingerprint density at radius 2 is 1.64 bits per heavy atom. The second kappa shape index (κ2) is 9.07. The van der Waals surface area contributed by atoms with E-state index in [-0.39, 0.29) is 16.7 Å². The summed E-state index contributed by atoms with van der Waals surface area (Å²) in [4.78, 5) is 25.8. The van der Waals surface area contributed by atoms with Crippen molar-refractivity contribution in [2.75, 3.05) is 23.2 Å².